The molecule has 2 aliphatic rings. The van der Waals surface area contributed by atoms with Crippen molar-refractivity contribution in [2.45, 2.75) is 41.8 Å². The van der Waals surface area contributed by atoms with Crippen molar-refractivity contribution in [2.75, 3.05) is 0 Å². The maximum absolute atomic E-state index is 12.7. The Morgan fingerprint density at radius 3 is 2.39 bits per heavy atom. The number of sulfone groups is 1. The van der Waals surface area contributed by atoms with Crippen LogP contribution in [-0.2, 0) is 20.2 Å². The molecule has 0 amide bonds. The Morgan fingerprint density at radius 1 is 1.00 bits per heavy atom. The molecule has 1 saturated carbocycles. The van der Waals surface area contributed by atoms with Crippen molar-refractivity contribution in [3.8, 4) is 5.75 Å². The number of ether oxygens (including phenoxy) is 2. The maximum atomic E-state index is 12.7. The minimum atomic E-state index is -3.32. The van der Waals surface area contributed by atoms with Crippen molar-refractivity contribution in [2.24, 2.45) is 0 Å². The number of rotatable bonds is 2. The van der Waals surface area contributed by atoms with E-state index in [9.17, 15) is 8.42 Å². The SMILES string of the molecule is CC1Oc2ccccc2C2(CC(S(=O)(=O)c3ccccc3)C2)O1. The quantitative estimate of drug-likeness (QED) is 0.848. The van der Waals surface area contributed by atoms with Crippen LogP contribution in [0.1, 0.15) is 25.3 Å². The predicted octanol–water partition coefficient (Wildman–Crippen LogP) is 3.27. The van der Waals surface area contributed by atoms with E-state index in [0.717, 1.165) is 11.3 Å². The van der Waals surface area contributed by atoms with Crippen LogP contribution in [0.15, 0.2) is 59.5 Å². The molecule has 1 aliphatic carbocycles. The Bertz CT molecular complexity index is 823. The minimum Gasteiger partial charge on any atom is -0.465 e. The number of benzene rings is 2. The smallest absolute Gasteiger partial charge is 0.198 e. The van der Waals surface area contributed by atoms with Crippen molar-refractivity contribution >= 4 is 9.84 Å². The van der Waals surface area contributed by atoms with E-state index in [1.54, 1.807) is 24.3 Å². The van der Waals surface area contributed by atoms with E-state index in [2.05, 4.69) is 0 Å². The second-order valence-electron chi connectivity index (χ2n) is 6.18. The summed E-state index contributed by atoms with van der Waals surface area (Å²) < 4.78 is 37.2. The van der Waals surface area contributed by atoms with Gasteiger partial charge in [0.2, 0.25) is 0 Å². The normalized spacial score (nSPS) is 29.4. The summed E-state index contributed by atoms with van der Waals surface area (Å²) in [5.74, 6) is 0.793. The third kappa shape index (κ3) is 2.26. The van der Waals surface area contributed by atoms with Gasteiger partial charge in [-0.2, -0.15) is 0 Å². The lowest BCUT2D eigenvalue weighted by Gasteiger charge is -2.50. The largest absolute Gasteiger partial charge is 0.465 e. The minimum absolute atomic E-state index is 0.370. The first kappa shape index (κ1) is 14.7. The molecule has 4 nitrogen and oxygen atoms in total. The Kier molecular flexibility index (Phi) is 3.25. The molecule has 1 heterocycles. The molecule has 23 heavy (non-hydrogen) atoms. The van der Waals surface area contributed by atoms with E-state index in [0.29, 0.717) is 17.7 Å². The second-order valence-corrected chi connectivity index (χ2v) is 8.41. The zero-order valence-electron chi connectivity index (χ0n) is 12.8. The molecule has 0 bridgehead atoms. The summed E-state index contributed by atoms with van der Waals surface area (Å²) in [6.07, 6.45) is 0.564. The van der Waals surface area contributed by atoms with Crippen LogP contribution in [0.4, 0.5) is 0 Å². The molecule has 0 saturated heterocycles. The molecule has 5 heteroatoms. The van der Waals surface area contributed by atoms with Gasteiger partial charge in [0.25, 0.3) is 0 Å². The van der Waals surface area contributed by atoms with Crippen LogP contribution >= 0.6 is 0 Å². The fourth-order valence-corrected chi connectivity index (χ4v) is 5.44. The van der Waals surface area contributed by atoms with Crippen LogP contribution in [0, 0.1) is 0 Å². The van der Waals surface area contributed by atoms with Gasteiger partial charge >= 0.3 is 0 Å². The van der Waals surface area contributed by atoms with Crippen molar-refractivity contribution in [3.05, 3.63) is 60.2 Å². The van der Waals surface area contributed by atoms with Crippen LogP contribution in [0.3, 0.4) is 0 Å². The molecule has 0 aromatic heterocycles. The van der Waals surface area contributed by atoms with Crippen LogP contribution in [-0.4, -0.2) is 20.0 Å². The van der Waals surface area contributed by atoms with Crippen LogP contribution in [0.2, 0.25) is 0 Å². The molecule has 1 unspecified atom stereocenters. The zero-order valence-corrected chi connectivity index (χ0v) is 13.6. The Balaban J connectivity index is 1.65. The second kappa shape index (κ2) is 5.08. The molecule has 4 rings (SSSR count). The molecule has 0 radical (unpaired) electrons. The molecule has 120 valence electrons. The Labute approximate surface area is 136 Å². The highest BCUT2D eigenvalue weighted by molar-refractivity contribution is 7.92. The van der Waals surface area contributed by atoms with Crippen LogP contribution < -0.4 is 4.74 Å². The summed E-state index contributed by atoms with van der Waals surface area (Å²) in [7, 11) is -3.32. The van der Waals surface area contributed by atoms with Gasteiger partial charge in [0.05, 0.1) is 10.1 Å². The number of hydrogen-bond acceptors (Lipinski definition) is 4. The molecule has 1 atom stereocenters. The van der Waals surface area contributed by atoms with E-state index < -0.39 is 20.7 Å². The average molecular weight is 330 g/mol. The summed E-state index contributed by atoms with van der Waals surface area (Å²) >= 11 is 0. The fourth-order valence-electron chi connectivity index (χ4n) is 3.54. The van der Waals surface area contributed by atoms with Gasteiger partial charge in [-0.25, -0.2) is 8.42 Å². The third-order valence-corrected chi connectivity index (χ3v) is 6.83. The van der Waals surface area contributed by atoms with E-state index >= 15 is 0 Å². The van der Waals surface area contributed by atoms with Gasteiger partial charge in [0.1, 0.15) is 11.4 Å². The number of hydrogen-bond donors (Lipinski definition) is 0. The summed E-state index contributed by atoms with van der Waals surface area (Å²) in [6.45, 7) is 1.84. The summed E-state index contributed by atoms with van der Waals surface area (Å²) in [4.78, 5) is 0.383. The summed E-state index contributed by atoms with van der Waals surface area (Å²) in [6, 6.07) is 16.4. The first-order chi connectivity index (χ1) is 11.0. The maximum Gasteiger partial charge on any atom is 0.198 e. The van der Waals surface area contributed by atoms with Gasteiger partial charge in [-0.05, 0) is 38.0 Å². The van der Waals surface area contributed by atoms with E-state index in [-0.39, 0.29) is 6.29 Å². The molecule has 0 N–H and O–H groups in total. The number of fused-ring (bicyclic) bond motifs is 2. The highest BCUT2D eigenvalue weighted by atomic mass is 32.2. The lowest BCUT2D eigenvalue weighted by Crippen LogP contribution is -2.54. The Hall–Kier alpha value is -1.85. The van der Waals surface area contributed by atoms with Gasteiger partial charge in [-0.15, -0.1) is 0 Å². The van der Waals surface area contributed by atoms with Crippen molar-refractivity contribution in [1.29, 1.82) is 0 Å². The molecular formula is C18H18O4S. The number of para-hydroxylation sites is 1. The lowest BCUT2D eigenvalue weighted by atomic mass is 9.73. The molecule has 2 aromatic rings. The first-order valence-corrected chi connectivity index (χ1v) is 9.29. The standard InChI is InChI=1S/C18H18O4S/c1-13-21-17-10-6-5-9-16(17)18(22-13)11-15(12-18)23(19,20)14-7-3-2-4-8-14/h2-10,13,15H,11-12H2,1H3. The van der Waals surface area contributed by atoms with Gasteiger partial charge in [-0.1, -0.05) is 36.4 Å². The monoisotopic (exact) mass is 330 g/mol. The molecule has 1 aliphatic heterocycles. The first-order valence-electron chi connectivity index (χ1n) is 7.74. The average Bonchev–Trinajstić information content (AvgIpc) is 2.52. The van der Waals surface area contributed by atoms with Crippen molar-refractivity contribution in [1.82, 2.24) is 0 Å². The summed E-state index contributed by atoms with van der Waals surface area (Å²) in [5, 5.41) is -0.414. The van der Waals surface area contributed by atoms with Crippen molar-refractivity contribution in [3.63, 3.8) is 0 Å². The molecule has 1 fully saturated rings. The Morgan fingerprint density at radius 2 is 1.65 bits per heavy atom. The van der Waals surface area contributed by atoms with Gasteiger partial charge in [0, 0.05) is 5.56 Å². The fraction of sp³-hybridized carbons (Fsp3) is 0.333. The molecule has 1 spiro atoms. The molecular weight excluding hydrogens is 312 g/mol. The van der Waals surface area contributed by atoms with Gasteiger partial charge < -0.3 is 9.47 Å². The lowest BCUT2D eigenvalue weighted by molar-refractivity contribution is -0.217. The highest BCUT2D eigenvalue weighted by Crippen LogP contribution is 2.54. The van der Waals surface area contributed by atoms with E-state index in [1.807, 2.05) is 37.3 Å². The van der Waals surface area contributed by atoms with Gasteiger partial charge in [-0.3, -0.25) is 0 Å². The van der Waals surface area contributed by atoms with Gasteiger partial charge in [0.15, 0.2) is 16.1 Å². The van der Waals surface area contributed by atoms with E-state index in [4.69, 9.17) is 9.47 Å². The van der Waals surface area contributed by atoms with E-state index in [1.165, 1.54) is 0 Å². The molecule has 2 aromatic carbocycles. The third-order valence-electron chi connectivity index (χ3n) is 4.69. The topological polar surface area (TPSA) is 52.6 Å². The highest BCUT2D eigenvalue weighted by Gasteiger charge is 2.55. The zero-order chi connectivity index (χ0) is 16.1. The van der Waals surface area contributed by atoms with Crippen LogP contribution in [0.25, 0.3) is 0 Å². The summed E-state index contributed by atoms with van der Waals surface area (Å²) in [5.41, 5.74) is 0.415. The predicted molar refractivity (Wildman–Crippen MR) is 85.9 cm³/mol. The van der Waals surface area contributed by atoms with Crippen LogP contribution in [0.5, 0.6) is 5.75 Å². The van der Waals surface area contributed by atoms with Crippen molar-refractivity contribution < 1.29 is 17.9 Å².